The molecule has 2 heterocycles. The fraction of sp³-hybridized carbons (Fsp3) is 0.583. The van der Waals surface area contributed by atoms with Gasteiger partial charge in [-0.05, 0) is 19.3 Å². The van der Waals surface area contributed by atoms with Gasteiger partial charge in [-0.2, -0.15) is 4.98 Å². The summed E-state index contributed by atoms with van der Waals surface area (Å²) in [7, 11) is 1.51. The first-order valence-electron chi connectivity index (χ1n) is 6.80. The minimum atomic E-state index is -3.84. The minimum Gasteiger partial charge on any atom is -0.339 e. The van der Waals surface area contributed by atoms with E-state index in [-0.39, 0.29) is 5.03 Å². The zero-order chi connectivity index (χ0) is 15.0. The van der Waals surface area contributed by atoms with Crippen LogP contribution in [0.3, 0.4) is 0 Å². The van der Waals surface area contributed by atoms with Gasteiger partial charge >= 0.3 is 0 Å². The van der Waals surface area contributed by atoms with Crippen molar-refractivity contribution in [2.45, 2.75) is 50.1 Å². The normalized spacial score (nSPS) is 15.5. The molecule has 0 bridgehead atoms. The molecule has 0 unspecified atom stereocenters. The molecular formula is C12H15ClN4O3S. The molecule has 21 heavy (non-hydrogen) atoms. The van der Waals surface area contributed by atoms with E-state index in [1.54, 1.807) is 4.57 Å². The van der Waals surface area contributed by atoms with E-state index in [1.165, 1.54) is 6.20 Å². The maximum Gasteiger partial charge on any atom is 0.280 e. The summed E-state index contributed by atoms with van der Waals surface area (Å²) >= 11 is 0. The Morgan fingerprint density at radius 3 is 2.81 bits per heavy atom. The van der Waals surface area contributed by atoms with Gasteiger partial charge in [0.2, 0.25) is 5.89 Å². The van der Waals surface area contributed by atoms with Crippen LogP contribution in [-0.2, 0) is 22.0 Å². The molecule has 0 aliphatic heterocycles. The van der Waals surface area contributed by atoms with Crippen molar-refractivity contribution in [2.75, 3.05) is 0 Å². The summed E-state index contributed by atoms with van der Waals surface area (Å²) in [5, 5.41) is 3.79. The molecule has 0 radical (unpaired) electrons. The topological polar surface area (TPSA) is 90.9 Å². The zero-order valence-electron chi connectivity index (χ0n) is 11.5. The second-order valence-electron chi connectivity index (χ2n) is 5.13. The summed E-state index contributed by atoms with van der Waals surface area (Å²) in [4.78, 5) is 8.41. The molecule has 1 aliphatic carbocycles. The third-order valence-corrected chi connectivity index (χ3v) is 4.45. The highest BCUT2D eigenvalue weighted by Crippen LogP contribution is 2.38. The number of hydrogen-bond acceptors (Lipinski definition) is 6. The highest BCUT2D eigenvalue weighted by molar-refractivity contribution is 8.13. The van der Waals surface area contributed by atoms with Gasteiger partial charge in [-0.3, -0.25) is 0 Å². The third-order valence-electron chi connectivity index (χ3n) is 3.28. The maximum atomic E-state index is 11.4. The molecule has 0 amide bonds. The smallest absolute Gasteiger partial charge is 0.280 e. The quantitative estimate of drug-likeness (QED) is 0.753. The second kappa shape index (κ2) is 5.42. The molecule has 0 N–H and O–H groups in total. The highest BCUT2D eigenvalue weighted by Gasteiger charge is 2.29. The van der Waals surface area contributed by atoms with Gasteiger partial charge in [0.05, 0.1) is 6.54 Å². The summed E-state index contributed by atoms with van der Waals surface area (Å²) in [5.41, 5.74) is 0. The molecule has 2 aromatic rings. The third kappa shape index (κ3) is 3.26. The van der Waals surface area contributed by atoms with Gasteiger partial charge in [-0.1, -0.05) is 12.1 Å². The van der Waals surface area contributed by atoms with E-state index < -0.39 is 9.05 Å². The first-order valence-corrected chi connectivity index (χ1v) is 9.11. The van der Waals surface area contributed by atoms with E-state index >= 15 is 0 Å². The number of nitrogens with zero attached hydrogens (tertiary/aromatic N) is 4. The van der Waals surface area contributed by atoms with Crippen LogP contribution in [0.2, 0.25) is 0 Å². The average molecular weight is 331 g/mol. The maximum absolute atomic E-state index is 11.4. The van der Waals surface area contributed by atoms with Crippen LogP contribution in [-0.4, -0.2) is 28.1 Å². The van der Waals surface area contributed by atoms with Crippen molar-refractivity contribution >= 4 is 19.7 Å². The first-order chi connectivity index (χ1) is 9.97. The number of halogens is 1. The highest BCUT2D eigenvalue weighted by atomic mass is 35.7. The van der Waals surface area contributed by atoms with Crippen molar-refractivity contribution in [1.82, 2.24) is 19.7 Å². The summed E-state index contributed by atoms with van der Waals surface area (Å²) < 4.78 is 29.7. The van der Waals surface area contributed by atoms with Crippen LogP contribution < -0.4 is 0 Å². The van der Waals surface area contributed by atoms with Gasteiger partial charge in [0.15, 0.2) is 10.9 Å². The molecule has 0 atom stereocenters. The Hall–Kier alpha value is -1.41. The van der Waals surface area contributed by atoms with Crippen molar-refractivity contribution in [3.63, 3.8) is 0 Å². The van der Waals surface area contributed by atoms with Crippen LogP contribution >= 0.6 is 10.7 Å². The molecule has 1 fully saturated rings. The monoisotopic (exact) mass is 330 g/mol. The van der Waals surface area contributed by atoms with E-state index in [2.05, 4.69) is 15.1 Å². The zero-order valence-corrected chi connectivity index (χ0v) is 13.1. The van der Waals surface area contributed by atoms with Crippen molar-refractivity contribution in [1.29, 1.82) is 0 Å². The van der Waals surface area contributed by atoms with Crippen molar-refractivity contribution < 1.29 is 12.9 Å². The number of imidazole rings is 1. The lowest BCUT2D eigenvalue weighted by Crippen LogP contribution is -2.05. The molecule has 1 aliphatic rings. The van der Waals surface area contributed by atoms with Gasteiger partial charge in [-0.15, -0.1) is 0 Å². The number of aromatic nitrogens is 4. The van der Waals surface area contributed by atoms with E-state index in [9.17, 15) is 8.42 Å². The van der Waals surface area contributed by atoms with E-state index in [0.29, 0.717) is 36.4 Å². The fourth-order valence-electron chi connectivity index (χ4n) is 2.09. The fourth-order valence-corrected chi connectivity index (χ4v) is 2.78. The lowest BCUT2D eigenvalue weighted by atomic mass is 10.3. The standard InChI is InChI=1S/C12H15ClN4O3S/c1-2-3-10-15-11(21(13,18)19)7-17(10)6-9-14-12(20-16-9)8-4-5-8/h7-8H,2-6H2,1H3. The van der Waals surface area contributed by atoms with Crippen LogP contribution in [0.15, 0.2) is 15.7 Å². The Morgan fingerprint density at radius 2 is 2.19 bits per heavy atom. The number of rotatable bonds is 6. The van der Waals surface area contributed by atoms with Gasteiger partial charge in [-0.25, -0.2) is 13.4 Å². The van der Waals surface area contributed by atoms with Crippen LogP contribution in [0, 0.1) is 0 Å². The van der Waals surface area contributed by atoms with Crippen LogP contribution in [0.4, 0.5) is 0 Å². The van der Waals surface area contributed by atoms with Crippen LogP contribution in [0.5, 0.6) is 0 Å². The lowest BCUT2D eigenvalue weighted by molar-refractivity contribution is 0.373. The summed E-state index contributed by atoms with van der Waals surface area (Å²) in [6.45, 7) is 2.32. The van der Waals surface area contributed by atoms with E-state index in [1.807, 2.05) is 6.92 Å². The molecular weight excluding hydrogens is 316 g/mol. The van der Waals surface area contributed by atoms with Crippen molar-refractivity contribution in [3.05, 3.63) is 23.7 Å². The van der Waals surface area contributed by atoms with E-state index in [4.69, 9.17) is 15.2 Å². The SMILES string of the molecule is CCCc1nc(S(=O)(=O)Cl)cn1Cc1noc(C2CC2)n1. The van der Waals surface area contributed by atoms with Gasteiger partial charge in [0.25, 0.3) is 9.05 Å². The molecule has 9 heteroatoms. The second-order valence-corrected chi connectivity index (χ2v) is 7.65. The summed E-state index contributed by atoms with van der Waals surface area (Å²) in [6, 6.07) is 0. The molecule has 114 valence electrons. The van der Waals surface area contributed by atoms with Crippen LogP contribution in [0.25, 0.3) is 0 Å². The molecule has 1 saturated carbocycles. The Labute approximate surface area is 126 Å². The van der Waals surface area contributed by atoms with Gasteiger partial charge in [0.1, 0.15) is 5.82 Å². The average Bonchev–Trinajstić information content (AvgIpc) is 3.02. The number of hydrogen-bond donors (Lipinski definition) is 0. The number of aryl methyl sites for hydroxylation is 1. The Morgan fingerprint density at radius 1 is 1.43 bits per heavy atom. The molecule has 0 aromatic carbocycles. The van der Waals surface area contributed by atoms with Gasteiger partial charge in [0, 0.05) is 29.2 Å². The van der Waals surface area contributed by atoms with Crippen molar-refractivity contribution in [2.24, 2.45) is 0 Å². The lowest BCUT2D eigenvalue weighted by Gasteiger charge is -2.02. The molecule has 7 nitrogen and oxygen atoms in total. The molecule has 2 aromatic heterocycles. The first kappa shape index (κ1) is 14.5. The Bertz CT molecular complexity index is 748. The minimum absolute atomic E-state index is 0.140. The molecule has 0 saturated heterocycles. The van der Waals surface area contributed by atoms with Crippen LogP contribution in [0.1, 0.15) is 49.6 Å². The summed E-state index contributed by atoms with van der Waals surface area (Å²) in [5.74, 6) is 2.22. The van der Waals surface area contributed by atoms with Crippen molar-refractivity contribution in [3.8, 4) is 0 Å². The largest absolute Gasteiger partial charge is 0.339 e. The Balaban J connectivity index is 1.86. The summed E-state index contributed by atoms with van der Waals surface area (Å²) in [6.07, 6.45) is 5.09. The molecule has 3 rings (SSSR count). The predicted molar refractivity (Wildman–Crippen MR) is 74.6 cm³/mol. The van der Waals surface area contributed by atoms with E-state index in [0.717, 1.165) is 19.3 Å². The Kier molecular flexibility index (Phi) is 3.75. The molecule has 0 spiro atoms. The predicted octanol–water partition coefficient (Wildman–Crippen LogP) is 2.07. The van der Waals surface area contributed by atoms with Gasteiger partial charge < -0.3 is 9.09 Å².